The molecule has 3 atom stereocenters. The molecule has 1 aliphatic rings. The van der Waals surface area contributed by atoms with E-state index in [1.54, 1.807) is 0 Å². The molecule has 1 nitrogen and oxygen atoms in total. The number of hydrogen-bond donors (Lipinski definition) is 0. The van der Waals surface area contributed by atoms with Crippen molar-refractivity contribution in [1.29, 1.82) is 0 Å². The first-order valence-electron chi connectivity index (χ1n) is 5.92. The Morgan fingerprint density at radius 3 is 2.38 bits per heavy atom. The summed E-state index contributed by atoms with van der Waals surface area (Å²) in [5.41, 5.74) is 0. The predicted octanol–water partition coefficient (Wildman–Crippen LogP) is 3.30. The normalized spacial score (nSPS) is 32.3. The SMILES string of the molecule is CCCC(CC)C1CCC(C)N1C. The van der Waals surface area contributed by atoms with Crippen LogP contribution in [0.5, 0.6) is 0 Å². The van der Waals surface area contributed by atoms with E-state index in [4.69, 9.17) is 0 Å². The number of hydrogen-bond acceptors (Lipinski definition) is 1. The van der Waals surface area contributed by atoms with Crippen molar-refractivity contribution in [1.82, 2.24) is 4.90 Å². The fraction of sp³-hybridized carbons (Fsp3) is 1.00. The highest BCUT2D eigenvalue weighted by Gasteiger charge is 2.31. The highest BCUT2D eigenvalue weighted by molar-refractivity contribution is 4.86. The molecule has 0 spiro atoms. The summed E-state index contributed by atoms with van der Waals surface area (Å²) in [5.74, 6) is 0.944. The summed E-state index contributed by atoms with van der Waals surface area (Å²) in [6, 6.07) is 1.69. The van der Waals surface area contributed by atoms with Crippen molar-refractivity contribution in [2.24, 2.45) is 5.92 Å². The molecule has 0 radical (unpaired) electrons. The van der Waals surface area contributed by atoms with Crippen molar-refractivity contribution < 1.29 is 0 Å². The molecule has 1 fully saturated rings. The van der Waals surface area contributed by atoms with Crippen molar-refractivity contribution in [2.45, 2.75) is 65.0 Å². The molecule has 1 heterocycles. The summed E-state index contributed by atoms with van der Waals surface area (Å²) in [5, 5.41) is 0. The molecule has 1 heteroatoms. The van der Waals surface area contributed by atoms with Crippen LogP contribution < -0.4 is 0 Å². The minimum absolute atomic E-state index is 0.816. The molecule has 0 N–H and O–H groups in total. The van der Waals surface area contributed by atoms with Gasteiger partial charge in [0.25, 0.3) is 0 Å². The summed E-state index contributed by atoms with van der Waals surface area (Å²) in [6.45, 7) is 7.01. The lowest BCUT2D eigenvalue weighted by atomic mass is 9.91. The zero-order valence-electron chi connectivity index (χ0n) is 9.71. The van der Waals surface area contributed by atoms with Gasteiger partial charge < -0.3 is 4.90 Å². The molecule has 3 unspecified atom stereocenters. The minimum Gasteiger partial charge on any atom is -0.300 e. The second-order valence-electron chi connectivity index (χ2n) is 4.62. The van der Waals surface area contributed by atoms with E-state index in [0.29, 0.717) is 0 Å². The van der Waals surface area contributed by atoms with Gasteiger partial charge in [-0.1, -0.05) is 26.7 Å². The van der Waals surface area contributed by atoms with Crippen molar-refractivity contribution in [3.8, 4) is 0 Å². The predicted molar refractivity (Wildman–Crippen MR) is 58.9 cm³/mol. The molecule has 0 amide bonds. The van der Waals surface area contributed by atoms with E-state index < -0.39 is 0 Å². The lowest BCUT2D eigenvalue weighted by Gasteiger charge is -2.30. The third kappa shape index (κ3) is 2.46. The standard InChI is InChI=1S/C12H25N/c1-5-7-11(6-2)12-9-8-10(3)13(12)4/h10-12H,5-9H2,1-4H3. The molecule has 1 rings (SSSR count). The van der Waals surface area contributed by atoms with E-state index >= 15 is 0 Å². The second kappa shape index (κ2) is 4.99. The van der Waals surface area contributed by atoms with Gasteiger partial charge >= 0.3 is 0 Å². The molecule has 13 heavy (non-hydrogen) atoms. The second-order valence-corrected chi connectivity index (χ2v) is 4.62. The van der Waals surface area contributed by atoms with Gasteiger partial charge in [0.2, 0.25) is 0 Å². The van der Waals surface area contributed by atoms with Crippen LogP contribution in [0.1, 0.15) is 52.9 Å². The van der Waals surface area contributed by atoms with Gasteiger partial charge in [-0.15, -0.1) is 0 Å². The topological polar surface area (TPSA) is 3.24 Å². The number of likely N-dealkylation sites (tertiary alicyclic amines) is 1. The fourth-order valence-electron chi connectivity index (χ4n) is 2.75. The van der Waals surface area contributed by atoms with Crippen LogP contribution in [0.2, 0.25) is 0 Å². The minimum atomic E-state index is 0.816. The monoisotopic (exact) mass is 183 g/mol. The number of nitrogens with zero attached hydrogens (tertiary/aromatic N) is 1. The lowest BCUT2D eigenvalue weighted by molar-refractivity contribution is 0.179. The molecular formula is C12H25N. The Balaban J connectivity index is 2.49. The van der Waals surface area contributed by atoms with Crippen molar-refractivity contribution in [3.63, 3.8) is 0 Å². The summed E-state index contributed by atoms with van der Waals surface area (Å²) in [4.78, 5) is 2.60. The molecule has 0 aromatic heterocycles. The van der Waals surface area contributed by atoms with Gasteiger partial charge in [0.1, 0.15) is 0 Å². The molecule has 1 aliphatic heterocycles. The quantitative estimate of drug-likeness (QED) is 0.646. The van der Waals surface area contributed by atoms with Gasteiger partial charge in [-0.3, -0.25) is 0 Å². The van der Waals surface area contributed by atoms with Gasteiger partial charge in [0.05, 0.1) is 0 Å². The average Bonchev–Trinajstić information content (AvgIpc) is 2.45. The van der Waals surface area contributed by atoms with Gasteiger partial charge in [0.15, 0.2) is 0 Å². The van der Waals surface area contributed by atoms with Crippen LogP contribution in [0.4, 0.5) is 0 Å². The first kappa shape index (κ1) is 11.0. The highest BCUT2D eigenvalue weighted by Crippen LogP contribution is 2.31. The van der Waals surface area contributed by atoms with Crippen molar-refractivity contribution in [2.75, 3.05) is 7.05 Å². The maximum atomic E-state index is 2.60. The highest BCUT2D eigenvalue weighted by atomic mass is 15.2. The first-order valence-corrected chi connectivity index (χ1v) is 5.92. The Kier molecular flexibility index (Phi) is 4.24. The van der Waals surface area contributed by atoms with Gasteiger partial charge in [-0.2, -0.15) is 0 Å². The largest absolute Gasteiger partial charge is 0.300 e. The van der Waals surface area contributed by atoms with Crippen molar-refractivity contribution in [3.05, 3.63) is 0 Å². The third-order valence-electron chi connectivity index (χ3n) is 3.83. The Morgan fingerprint density at radius 1 is 1.31 bits per heavy atom. The van der Waals surface area contributed by atoms with Crippen LogP contribution in [0.15, 0.2) is 0 Å². The van der Waals surface area contributed by atoms with E-state index in [2.05, 4.69) is 32.7 Å². The van der Waals surface area contributed by atoms with E-state index in [1.165, 1.54) is 32.1 Å². The van der Waals surface area contributed by atoms with E-state index in [0.717, 1.165) is 18.0 Å². The smallest absolute Gasteiger partial charge is 0.0124 e. The molecule has 0 bridgehead atoms. The molecule has 0 saturated carbocycles. The zero-order chi connectivity index (χ0) is 9.84. The van der Waals surface area contributed by atoms with Crippen LogP contribution >= 0.6 is 0 Å². The summed E-state index contributed by atoms with van der Waals surface area (Å²) in [6.07, 6.45) is 6.95. The molecule has 0 aliphatic carbocycles. The maximum Gasteiger partial charge on any atom is 0.0124 e. The van der Waals surface area contributed by atoms with Gasteiger partial charge in [0, 0.05) is 12.1 Å². The third-order valence-corrected chi connectivity index (χ3v) is 3.83. The van der Waals surface area contributed by atoms with Crippen molar-refractivity contribution >= 4 is 0 Å². The van der Waals surface area contributed by atoms with E-state index in [9.17, 15) is 0 Å². The van der Waals surface area contributed by atoms with E-state index in [-0.39, 0.29) is 0 Å². The summed E-state index contributed by atoms with van der Waals surface area (Å²) in [7, 11) is 2.31. The van der Waals surface area contributed by atoms with E-state index in [1.807, 2.05) is 0 Å². The summed E-state index contributed by atoms with van der Waals surface area (Å²) < 4.78 is 0. The Morgan fingerprint density at radius 2 is 2.00 bits per heavy atom. The van der Waals surface area contributed by atoms with Crippen LogP contribution in [0.25, 0.3) is 0 Å². The molecular weight excluding hydrogens is 158 g/mol. The number of rotatable bonds is 4. The molecule has 1 saturated heterocycles. The van der Waals surface area contributed by atoms with Gasteiger partial charge in [-0.25, -0.2) is 0 Å². The van der Waals surface area contributed by atoms with Crippen LogP contribution in [-0.2, 0) is 0 Å². The molecule has 0 aromatic carbocycles. The summed E-state index contributed by atoms with van der Waals surface area (Å²) >= 11 is 0. The Bertz CT molecular complexity index is 144. The molecule has 78 valence electrons. The Labute approximate surface area is 83.5 Å². The van der Waals surface area contributed by atoms with Crippen LogP contribution in [0, 0.1) is 5.92 Å². The zero-order valence-corrected chi connectivity index (χ0v) is 9.71. The Hall–Kier alpha value is -0.0400. The maximum absolute atomic E-state index is 2.60. The first-order chi connectivity index (χ1) is 6.20. The van der Waals surface area contributed by atoms with Crippen LogP contribution in [-0.4, -0.2) is 24.0 Å². The lowest BCUT2D eigenvalue weighted by Crippen LogP contribution is -2.35. The van der Waals surface area contributed by atoms with Crippen LogP contribution in [0.3, 0.4) is 0 Å². The fourth-order valence-corrected chi connectivity index (χ4v) is 2.75. The molecule has 0 aromatic rings. The average molecular weight is 183 g/mol. The van der Waals surface area contributed by atoms with Gasteiger partial charge in [-0.05, 0) is 39.2 Å².